The van der Waals surface area contributed by atoms with E-state index in [1.165, 1.54) is 6.92 Å². The first-order valence-electron chi connectivity index (χ1n) is 19.9. The number of azide groups is 1. The van der Waals surface area contributed by atoms with Crippen molar-refractivity contribution in [3.63, 3.8) is 0 Å². The Labute approximate surface area is 345 Å². The fourth-order valence-electron chi connectivity index (χ4n) is 5.46. The Morgan fingerprint density at radius 3 is 1.71 bits per heavy atom. The number of ether oxygens (including phenoxy) is 1. The maximum atomic E-state index is 14.0. The first kappa shape index (κ1) is 51.6. The number of carbonyl (C=O) groups excluding carboxylic acids is 7. The van der Waals surface area contributed by atoms with Gasteiger partial charge in [-0.2, -0.15) is 0 Å². The molecule has 0 aliphatic carbocycles. The van der Waals surface area contributed by atoms with Gasteiger partial charge in [0, 0.05) is 70.6 Å². The largest absolute Gasteiger partial charge is 0.379 e. The molecule has 330 valence electrons. The molecule has 0 aromatic heterocycles. The van der Waals surface area contributed by atoms with Crippen molar-refractivity contribution in [3.8, 4) is 0 Å². The molecule has 0 fully saturated rings. The standard InChI is InChI=1S/C37H64N14O8/c1-25(2)21-28(35(56)49-29(22-27-7-5-4-6-8-27)34(55)45-17-19-59-20-18-46-51-40)48-37(58)31(24-33(54)44-16-14-42-12-10-39)50-36(57)30(47-26(3)52)23-32(53)43-15-13-41-11-9-38/h4-8,25,28-31,41-42H,9-24,38-39H2,1-3H3,(H,43,53)(H,44,54)(H,45,55)(H,47,52)(H,48,58)(H,49,56)(H,50,57)/p+2/t28?,29-,30+,31-/m0/s1. The highest BCUT2D eigenvalue weighted by Gasteiger charge is 2.33. The minimum Gasteiger partial charge on any atom is -0.379 e. The second-order valence-corrected chi connectivity index (χ2v) is 13.9. The number of amides is 7. The molecule has 0 bridgehead atoms. The van der Waals surface area contributed by atoms with Gasteiger partial charge >= 0.3 is 0 Å². The number of hydrogen-bond donors (Lipinski definition) is 11. The van der Waals surface area contributed by atoms with Crippen molar-refractivity contribution < 1.29 is 49.8 Å². The average Bonchev–Trinajstić information content (AvgIpc) is 3.19. The van der Waals surface area contributed by atoms with Crippen molar-refractivity contribution in [3.05, 3.63) is 46.3 Å². The number of quaternary nitrogens is 2. The van der Waals surface area contributed by atoms with E-state index in [1.54, 1.807) is 24.3 Å². The number of nitrogens with one attached hydrogen (secondary N) is 9. The average molecular weight is 835 g/mol. The van der Waals surface area contributed by atoms with E-state index < -0.39 is 78.4 Å². The molecule has 0 radical (unpaired) electrons. The van der Waals surface area contributed by atoms with Crippen LogP contribution in [0.1, 0.15) is 45.6 Å². The van der Waals surface area contributed by atoms with Gasteiger partial charge in [-0.05, 0) is 23.4 Å². The first-order chi connectivity index (χ1) is 28.3. The number of rotatable bonds is 32. The molecule has 7 amide bonds. The first-order valence-corrected chi connectivity index (χ1v) is 19.9. The summed E-state index contributed by atoms with van der Waals surface area (Å²) < 4.78 is 5.36. The normalized spacial score (nSPS) is 12.8. The molecule has 22 heteroatoms. The van der Waals surface area contributed by atoms with Gasteiger partial charge in [0.05, 0.1) is 39.1 Å². The van der Waals surface area contributed by atoms with Gasteiger partial charge in [-0.1, -0.05) is 49.3 Å². The van der Waals surface area contributed by atoms with Gasteiger partial charge in [-0.25, -0.2) is 0 Å². The number of hydrogen-bond acceptors (Lipinski definition) is 11. The van der Waals surface area contributed by atoms with Crippen molar-refractivity contribution in [1.82, 2.24) is 47.9 Å². The fourth-order valence-corrected chi connectivity index (χ4v) is 5.46. The monoisotopic (exact) mass is 835 g/mol. The Bertz CT molecular complexity index is 1500. The highest BCUT2D eigenvalue weighted by molar-refractivity contribution is 5.98. The van der Waals surface area contributed by atoms with Crippen molar-refractivity contribution in [2.24, 2.45) is 11.0 Å². The summed E-state index contributed by atoms with van der Waals surface area (Å²) in [7, 11) is 0. The lowest BCUT2D eigenvalue weighted by Gasteiger charge is -2.27. The zero-order valence-corrected chi connectivity index (χ0v) is 34.6. The Hall–Kier alpha value is -5.38. The van der Waals surface area contributed by atoms with Gasteiger partial charge in [0.25, 0.3) is 0 Å². The van der Waals surface area contributed by atoms with Crippen LogP contribution in [0.2, 0.25) is 0 Å². The molecule has 59 heavy (non-hydrogen) atoms. The second-order valence-electron chi connectivity index (χ2n) is 13.9. The SMILES string of the molecule is CC(=O)N[C@H](CC(=O)NCCNCC[NH3+])C(=O)N[C@@H](CC(=O)NCCNCC[NH3+])C(=O)NC(CC(C)C)C(=O)N[C@@H](Cc1ccccc1)C(=O)NCCOCCN=[N+]=[N-]. The molecular formula is C37H66N14O8+2. The predicted molar refractivity (Wildman–Crippen MR) is 217 cm³/mol. The molecule has 4 atom stereocenters. The smallest absolute Gasteiger partial charge is 0.243 e. The lowest BCUT2D eigenvalue weighted by molar-refractivity contribution is -0.365. The summed E-state index contributed by atoms with van der Waals surface area (Å²) >= 11 is 0. The summed E-state index contributed by atoms with van der Waals surface area (Å²) in [6.07, 6.45) is -0.751. The number of benzene rings is 1. The van der Waals surface area contributed by atoms with E-state index in [-0.39, 0.29) is 58.2 Å². The van der Waals surface area contributed by atoms with Gasteiger partial charge in [-0.3, -0.25) is 33.6 Å². The maximum Gasteiger partial charge on any atom is 0.243 e. The minimum atomic E-state index is -1.54. The van der Waals surface area contributed by atoms with E-state index in [0.717, 1.165) is 5.56 Å². The summed E-state index contributed by atoms with van der Waals surface area (Å²) in [4.78, 5) is 95.5. The van der Waals surface area contributed by atoms with E-state index in [9.17, 15) is 33.6 Å². The Morgan fingerprint density at radius 2 is 1.19 bits per heavy atom. The lowest BCUT2D eigenvalue weighted by Crippen LogP contribution is -2.59. The summed E-state index contributed by atoms with van der Waals surface area (Å²) in [6.45, 7) is 9.29. The van der Waals surface area contributed by atoms with Crippen LogP contribution in [-0.4, -0.2) is 144 Å². The van der Waals surface area contributed by atoms with Gasteiger partial charge < -0.3 is 64.1 Å². The van der Waals surface area contributed by atoms with Crippen molar-refractivity contribution in [1.29, 1.82) is 0 Å². The van der Waals surface area contributed by atoms with Gasteiger partial charge in [0.2, 0.25) is 41.4 Å². The minimum absolute atomic E-state index is 0.104. The van der Waals surface area contributed by atoms with E-state index >= 15 is 0 Å². The Balaban J connectivity index is 3.28. The summed E-state index contributed by atoms with van der Waals surface area (Å²) in [5, 5.41) is 28.0. The quantitative estimate of drug-likeness (QED) is 0.0143. The van der Waals surface area contributed by atoms with Gasteiger partial charge in [0.1, 0.15) is 24.2 Å². The third-order valence-corrected chi connectivity index (χ3v) is 8.26. The zero-order chi connectivity index (χ0) is 43.8. The second kappa shape index (κ2) is 31.6. The third kappa shape index (κ3) is 24.9. The van der Waals surface area contributed by atoms with Gasteiger partial charge in [0.15, 0.2) is 0 Å². The molecule has 1 rings (SSSR count). The van der Waals surface area contributed by atoms with Gasteiger partial charge in [-0.15, -0.1) is 0 Å². The molecule has 0 saturated carbocycles. The maximum absolute atomic E-state index is 14.0. The van der Waals surface area contributed by atoms with E-state index in [2.05, 4.69) is 69.3 Å². The highest BCUT2D eigenvalue weighted by atomic mass is 16.5. The molecule has 22 nitrogen and oxygen atoms in total. The molecule has 1 aromatic rings. The molecule has 0 aliphatic rings. The molecule has 0 aliphatic heterocycles. The fraction of sp³-hybridized carbons (Fsp3) is 0.649. The highest BCUT2D eigenvalue weighted by Crippen LogP contribution is 2.09. The van der Waals surface area contributed by atoms with Crippen LogP contribution in [0.25, 0.3) is 10.4 Å². The molecule has 1 aromatic carbocycles. The molecular weight excluding hydrogens is 768 g/mol. The third-order valence-electron chi connectivity index (χ3n) is 8.26. The predicted octanol–water partition coefficient (Wildman–Crippen LogP) is -4.65. The summed E-state index contributed by atoms with van der Waals surface area (Å²) in [5.74, 6) is -4.84. The van der Waals surface area contributed by atoms with Crippen molar-refractivity contribution in [2.75, 3.05) is 78.7 Å². The van der Waals surface area contributed by atoms with E-state index in [0.29, 0.717) is 39.3 Å². The number of carbonyl (C=O) groups is 7. The summed E-state index contributed by atoms with van der Waals surface area (Å²) in [5.41, 5.74) is 16.6. The number of nitrogens with zero attached hydrogens (tertiary/aromatic N) is 3. The van der Waals surface area contributed by atoms with Crippen LogP contribution in [0.15, 0.2) is 35.4 Å². The summed E-state index contributed by atoms with van der Waals surface area (Å²) in [6, 6.07) is 3.80. The van der Waals surface area contributed by atoms with Crippen molar-refractivity contribution >= 4 is 41.4 Å². The van der Waals surface area contributed by atoms with Crippen LogP contribution in [0, 0.1) is 5.92 Å². The molecule has 0 heterocycles. The Kier molecular flexibility index (Phi) is 27.7. The Morgan fingerprint density at radius 1 is 0.661 bits per heavy atom. The van der Waals surface area contributed by atoms with Crippen LogP contribution in [-0.2, 0) is 44.7 Å². The zero-order valence-electron chi connectivity index (χ0n) is 34.6. The topological polar surface area (TPSA) is 341 Å². The van der Waals surface area contributed by atoms with E-state index in [4.69, 9.17) is 10.3 Å². The van der Waals surface area contributed by atoms with Crippen molar-refractivity contribution in [2.45, 2.75) is 70.6 Å². The molecule has 0 saturated heterocycles. The van der Waals surface area contributed by atoms with Crippen LogP contribution in [0.5, 0.6) is 0 Å². The molecule has 1 unspecified atom stereocenters. The van der Waals surface area contributed by atoms with Crippen LogP contribution >= 0.6 is 0 Å². The van der Waals surface area contributed by atoms with Crippen LogP contribution in [0.4, 0.5) is 0 Å². The lowest BCUT2D eigenvalue weighted by atomic mass is 10.0. The molecule has 15 N–H and O–H groups in total. The van der Waals surface area contributed by atoms with Crippen LogP contribution in [0.3, 0.4) is 0 Å². The molecule has 0 spiro atoms. The van der Waals surface area contributed by atoms with Crippen LogP contribution < -0.4 is 59.3 Å². The van der Waals surface area contributed by atoms with E-state index in [1.807, 2.05) is 19.9 Å².